The number of halogens is 3. The minimum absolute atomic E-state index is 0.101. The van der Waals surface area contributed by atoms with Crippen LogP contribution in [0.2, 0.25) is 5.02 Å². The van der Waals surface area contributed by atoms with Crippen LogP contribution in [0.4, 0.5) is 4.39 Å². The normalized spacial score (nSPS) is 24.8. The first kappa shape index (κ1) is 28.5. The minimum Gasteiger partial charge on any atom is -0.394 e. The Kier molecular flexibility index (Phi) is 9.12. The van der Waals surface area contributed by atoms with Crippen LogP contribution in [0.5, 0.6) is 0 Å². The van der Waals surface area contributed by atoms with Crippen LogP contribution in [0.25, 0.3) is 0 Å². The van der Waals surface area contributed by atoms with Gasteiger partial charge in [-0.3, -0.25) is 9.78 Å². The molecule has 194 valence electrons. The molecule has 36 heavy (non-hydrogen) atoms. The monoisotopic (exact) mass is 580 g/mol. The molecule has 1 amide bonds. The van der Waals surface area contributed by atoms with Crippen molar-refractivity contribution in [2.75, 3.05) is 13.2 Å². The van der Waals surface area contributed by atoms with Crippen LogP contribution in [-0.2, 0) is 10.2 Å². The molecule has 1 fully saturated rings. The number of hydrogen-bond acceptors (Lipinski definition) is 6. The van der Waals surface area contributed by atoms with Crippen LogP contribution < -0.4 is 10.6 Å². The van der Waals surface area contributed by atoms with Gasteiger partial charge in [-0.1, -0.05) is 44.5 Å². The second kappa shape index (κ2) is 11.5. The highest BCUT2D eigenvalue weighted by atomic mass is 79.9. The van der Waals surface area contributed by atoms with Crippen molar-refractivity contribution in [1.82, 2.24) is 15.6 Å². The molecule has 10 heteroatoms. The largest absolute Gasteiger partial charge is 0.394 e. The van der Waals surface area contributed by atoms with E-state index in [2.05, 4.69) is 37.6 Å². The van der Waals surface area contributed by atoms with Gasteiger partial charge in [0.1, 0.15) is 11.2 Å². The molecule has 5 atom stereocenters. The number of nitrogens with one attached hydrogen (secondary N) is 2. The Bertz CT molecular complexity index is 1120. The number of aliphatic hydroxyl groups excluding tert-OH is 2. The van der Waals surface area contributed by atoms with Gasteiger partial charge in [0, 0.05) is 29.2 Å². The maximum atomic E-state index is 15.5. The van der Waals surface area contributed by atoms with E-state index in [1.54, 1.807) is 30.5 Å². The number of rotatable bonds is 8. The lowest BCUT2D eigenvalue weighted by Gasteiger charge is -2.36. The van der Waals surface area contributed by atoms with Crippen molar-refractivity contribution in [2.45, 2.75) is 63.1 Å². The second-order valence-corrected chi connectivity index (χ2v) is 11.7. The zero-order valence-electron chi connectivity index (χ0n) is 20.4. The number of carbonyl (C=O) groups excluding carboxylic acids is 1. The lowest BCUT2D eigenvalue weighted by Crippen LogP contribution is -2.46. The molecular formula is C26H31BrClFN4O3. The van der Waals surface area contributed by atoms with Gasteiger partial charge in [0.25, 0.3) is 0 Å². The molecule has 1 aromatic carbocycles. The maximum Gasteiger partial charge on any atom is 0.237 e. The molecular weight excluding hydrogens is 551 g/mol. The molecule has 0 aliphatic carbocycles. The van der Waals surface area contributed by atoms with E-state index in [1.165, 1.54) is 6.07 Å². The highest BCUT2D eigenvalue weighted by Crippen LogP contribution is 2.51. The predicted octanol–water partition coefficient (Wildman–Crippen LogP) is 3.82. The van der Waals surface area contributed by atoms with Gasteiger partial charge in [-0.15, -0.1) is 0 Å². The zero-order valence-corrected chi connectivity index (χ0v) is 22.8. The van der Waals surface area contributed by atoms with Crippen molar-refractivity contribution in [1.29, 1.82) is 5.26 Å². The molecule has 2 heterocycles. The van der Waals surface area contributed by atoms with E-state index < -0.39 is 47.9 Å². The summed E-state index contributed by atoms with van der Waals surface area (Å²) in [6, 6.07) is 8.98. The van der Waals surface area contributed by atoms with Crippen molar-refractivity contribution in [3.05, 3.63) is 63.1 Å². The number of nitriles is 1. The van der Waals surface area contributed by atoms with Gasteiger partial charge in [0.05, 0.1) is 35.5 Å². The Hall–Kier alpha value is -2.09. The summed E-state index contributed by atoms with van der Waals surface area (Å²) in [6.07, 6.45) is 1.26. The summed E-state index contributed by atoms with van der Waals surface area (Å²) in [5, 5.41) is 35.5. The SMILES string of the molecule is CC(C)(C)CC1NC(C(=O)NCC[C@H](O)CO)C(c2cccc(Cl)c2F)C1(C#N)c1ccc(Br)cn1. The van der Waals surface area contributed by atoms with E-state index in [1.807, 2.05) is 20.8 Å². The molecule has 4 N–H and O–H groups in total. The summed E-state index contributed by atoms with van der Waals surface area (Å²) in [4.78, 5) is 18.0. The number of nitrogens with zero attached hydrogens (tertiary/aromatic N) is 2. The second-order valence-electron chi connectivity index (χ2n) is 10.3. The third-order valence-corrected chi connectivity index (χ3v) is 7.25. The molecule has 1 aromatic heterocycles. The van der Waals surface area contributed by atoms with Crippen LogP contribution in [0.1, 0.15) is 50.8 Å². The fourth-order valence-electron chi connectivity index (χ4n) is 4.90. The van der Waals surface area contributed by atoms with Crippen LogP contribution in [0, 0.1) is 22.6 Å². The fourth-order valence-corrected chi connectivity index (χ4v) is 5.31. The first-order chi connectivity index (χ1) is 16.9. The summed E-state index contributed by atoms with van der Waals surface area (Å²) < 4.78 is 16.3. The highest BCUT2D eigenvalue weighted by Gasteiger charge is 2.61. The number of pyridine rings is 1. The molecule has 7 nitrogen and oxygen atoms in total. The quantitative estimate of drug-likeness (QED) is 0.377. The van der Waals surface area contributed by atoms with Gasteiger partial charge in [-0.25, -0.2) is 4.39 Å². The van der Waals surface area contributed by atoms with E-state index in [4.69, 9.17) is 16.7 Å². The molecule has 4 unspecified atom stereocenters. The molecule has 3 rings (SSSR count). The van der Waals surface area contributed by atoms with Crippen molar-refractivity contribution in [2.24, 2.45) is 5.41 Å². The number of aliphatic hydroxyl groups is 2. The Morgan fingerprint density at radius 2 is 2.11 bits per heavy atom. The summed E-state index contributed by atoms with van der Waals surface area (Å²) >= 11 is 9.53. The van der Waals surface area contributed by atoms with Crippen LogP contribution in [0.3, 0.4) is 0 Å². The smallest absolute Gasteiger partial charge is 0.237 e. The number of amides is 1. The van der Waals surface area contributed by atoms with Gasteiger partial charge in [0.15, 0.2) is 0 Å². The molecule has 0 bridgehead atoms. The molecule has 0 radical (unpaired) electrons. The average Bonchev–Trinajstić information content (AvgIpc) is 3.14. The van der Waals surface area contributed by atoms with Gasteiger partial charge in [-0.05, 0) is 57.9 Å². The third kappa shape index (κ3) is 5.90. The zero-order chi connectivity index (χ0) is 26.7. The number of aromatic nitrogens is 1. The summed E-state index contributed by atoms with van der Waals surface area (Å²) in [6.45, 7) is 5.78. The first-order valence-corrected chi connectivity index (χ1v) is 12.9. The fraction of sp³-hybridized carbons (Fsp3) is 0.500. The number of hydrogen-bond donors (Lipinski definition) is 4. The standard InChI is InChI=1S/C26H31BrClFN4O3/c1-25(2,3)11-20-26(14-30,19-8-7-15(27)12-32-19)21(17-5-4-6-18(28)22(17)29)23(33-20)24(36)31-10-9-16(35)13-34/h4-8,12,16,20-21,23,33-35H,9-11,13H2,1-3H3,(H,31,36)/t16-,20?,21?,23?,26?/m0/s1. The highest BCUT2D eigenvalue weighted by molar-refractivity contribution is 9.10. The molecule has 1 aliphatic rings. The van der Waals surface area contributed by atoms with E-state index in [0.717, 1.165) is 4.47 Å². The van der Waals surface area contributed by atoms with Crippen LogP contribution in [0.15, 0.2) is 41.0 Å². The van der Waals surface area contributed by atoms with Gasteiger partial charge in [-0.2, -0.15) is 5.26 Å². The first-order valence-electron chi connectivity index (χ1n) is 11.7. The third-order valence-electron chi connectivity index (χ3n) is 6.49. The van der Waals surface area contributed by atoms with Crippen molar-refractivity contribution >= 4 is 33.4 Å². The Morgan fingerprint density at radius 1 is 1.39 bits per heavy atom. The van der Waals surface area contributed by atoms with Crippen LogP contribution >= 0.6 is 27.5 Å². The molecule has 1 saturated heterocycles. The molecule has 2 aromatic rings. The molecule has 0 spiro atoms. The van der Waals surface area contributed by atoms with Gasteiger partial charge >= 0.3 is 0 Å². The molecule has 1 aliphatic heterocycles. The van der Waals surface area contributed by atoms with Crippen molar-refractivity contribution < 1.29 is 19.4 Å². The van der Waals surface area contributed by atoms with Crippen molar-refractivity contribution in [3.63, 3.8) is 0 Å². The van der Waals surface area contributed by atoms with E-state index >= 15 is 4.39 Å². The number of benzene rings is 1. The molecule has 0 saturated carbocycles. The lowest BCUT2D eigenvalue weighted by atomic mass is 9.64. The Balaban J connectivity index is 2.19. The van der Waals surface area contributed by atoms with E-state index in [9.17, 15) is 15.2 Å². The summed E-state index contributed by atoms with van der Waals surface area (Å²) in [5.74, 6) is -2.09. The topological polar surface area (TPSA) is 118 Å². The Morgan fingerprint density at radius 3 is 2.69 bits per heavy atom. The Labute approximate surface area is 224 Å². The van der Waals surface area contributed by atoms with E-state index in [0.29, 0.717) is 12.1 Å². The van der Waals surface area contributed by atoms with Crippen LogP contribution in [-0.4, -0.2) is 52.4 Å². The summed E-state index contributed by atoms with van der Waals surface area (Å²) in [7, 11) is 0. The summed E-state index contributed by atoms with van der Waals surface area (Å²) in [5.41, 5.74) is -1.06. The number of carbonyl (C=O) groups is 1. The van der Waals surface area contributed by atoms with E-state index in [-0.39, 0.29) is 29.0 Å². The lowest BCUT2D eigenvalue weighted by molar-refractivity contribution is -0.123. The van der Waals surface area contributed by atoms with Gasteiger partial charge < -0.3 is 20.8 Å². The minimum atomic E-state index is -1.40. The van der Waals surface area contributed by atoms with Crippen molar-refractivity contribution in [3.8, 4) is 6.07 Å². The van der Waals surface area contributed by atoms with Gasteiger partial charge in [0.2, 0.25) is 5.91 Å². The predicted molar refractivity (Wildman–Crippen MR) is 139 cm³/mol. The average molecular weight is 582 g/mol. The maximum absolute atomic E-state index is 15.5.